The molecular weight excluding hydrogens is 211 g/mol. The van der Waals surface area contributed by atoms with E-state index in [2.05, 4.69) is 32.9 Å². The Labute approximate surface area is 105 Å². The minimum Gasteiger partial charge on any atom is -0.251 e. The molecule has 17 heavy (non-hydrogen) atoms. The van der Waals surface area contributed by atoms with Crippen LogP contribution in [-0.4, -0.2) is 6.67 Å². The summed E-state index contributed by atoms with van der Waals surface area (Å²) in [6.07, 6.45) is 6.16. The average molecular weight is 236 g/mol. The van der Waals surface area contributed by atoms with Gasteiger partial charge in [0.2, 0.25) is 0 Å². The molecule has 0 spiro atoms. The number of hydrogen-bond acceptors (Lipinski definition) is 0. The number of unbranched alkanes of at least 4 members (excludes halogenated alkanes) is 1. The van der Waals surface area contributed by atoms with Gasteiger partial charge >= 0.3 is 0 Å². The van der Waals surface area contributed by atoms with Gasteiger partial charge in [-0.15, -0.1) is 0 Å². The molecule has 1 aromatic rings. The fraction of sp³-hybridized carbons (Fsp3) is 0.625. The highest BCUT2D eigenvalue weighted by Crippen LogP contribution is 2.22. The molecule has 0 aliphatic heterocycles. The molecule has 0 amide bonds. The van der Waals surface area contributed by atoms with Crippen LogP contribution in [0.1, 0.15) is 55.4 Å². The van der Waals surface area contributed by atoms with Gasteiger partial charge < -0.3 is 0 Å². The highest BCUT2D eigenvalue weighted by molar-refractivity contribution is 5.40. The Bertz CT molecular complexity index is 342. The maximum absolute atomic E-state index is 12.1. The van der Waals surface area contributed by atoms with Crippen molar-refractivity contribution in [2.45, 2.75) is 59.3 Å². The van der Waals surface area contributed by atoms with E-state index in [9.17, 15) is 4.39 Å². The smallest absolute Gasteiger partial charge is 0.0894 e. The predicted octanol–water partition coefficient (Wildman–Crippen LogP) is 4.80. The average Bonchev–Trinajstić information content (AvgIpc) is 2.34. The largest absolute Gasteiger partial charge is 0.251 e. The summed E-state index contributed by atoms with van der Waals surface area (Å²) in [5.74, 6) is 0. The third kappa shape index (κ3) is 3.83. The van der Waals surface area contributed by atoms with Crippen molar-refractivity contribution in [2.24, 2.45) is 0 Å². The molecule has 0 aliphatic rings. The molecule has 0 aliphatic carbocycles. The number of aryl methyl sites for hydroxylation is 2. The molecule has 1 heteroatoms. The van der Waals surface area contributed by atoms with Gasteiger partial charge in [0.05, 0.1) is 6.67 Å². The number of halogens is 1. The van der Waals surface area contributed by atoms with Gasteiger partial charge in [-0.25, -0.2) is 0 Å². The Morgan fingerprint density at radius 2 is 1.71 bits per heavy atom. The molecule has 0 radical (unpaired) electrons. The van der Waals surface area contributed by atoms with Crippen LogP contribution in [0.3, 0.4) is 0 Å². The monoisotopic (exact) mass is 236 g/mol. The van der Waals surface area contributed by atoms with Crippen LogP contribution in [0.5, 0.6) is 0 Å². The number of rotatable bonds is 7. The normalized spacial score (nSPS) is 10.8. The minimum atomic E-state index is -0.187. The van der Waals surface area contributed by atoms with Crippen LogP contribution in [-0.2, 0) is 19.3 Å². The maximum atomic E-state index is 12.1. The Kier molecular flexibility index (Phi) is 6.25. The molecule has 96 valence electrons. The van der Waals surface area contributed by atoms with Crippen molar-refractivity contribution in [3.63, 3.8) is 0 Å². The number of alkyl halides is 1. The first-order valence-electron chi connectivity index (χ1n) is 6.90. The number of benzene rings is 1. The van der Waals surface area contributed by atoms with E-state index >= 15 is 0 Å². The van der Waals surface area contributed by atoms with Crippen molar-refractivity contribution < 1.29 is 4.39 Å². The second kappa shape index (κ2) is 7.47. The summed E-state index contributed by atoms with van der Waals surface area (Å²) in [5.41, 5.74) is 5.88. The van der Waals surface area contributed by atoms with Crippen molar-refractivity contribution in [2.75, 3.05) is 6.67 Å². The molecule has 0 atom stereocenters. The number of hydrogen-bond donors (Lipinski definition) is 0. The molecule has 0 N–H and O–H groups in total. The van der Waals surface area contributed by atoms with Gasteiger partial charge in [-0.2, -0.15) is 0 Å². The van der Waals surface area contributed by atoms with E-state index in [4.69, 9.17) is 0 Å². The quantitative estimate of drug-likeness (QED) is 0.596. The molecule has 0 bridgehead atoms. The van der Waals surface area contributed by atoms with E-state index < -0.39 is 0 Å². The van der Waals surface area contributed by atoms with Crippen LogP contribution in [0.25, 0.3) is 0 Å². The Morgan fingerprint density at radius 3 is 2.29 bits per heavy atom. The van der Waals surface area contributed by atoms with E-state index in [0.29, 0.717) is 6.42 Å². The molecular formula is C16H25F. The molecule has 0 aromatic heterocycles. The second-order valence-electron chi connectivity index (χ2n) is 4.74. The van der Waals surface area contributed by atoms with Crippen LogP contribution >= 0.6 is 0 Å². The zero-order valence-corrected chi connectivity index (χ0v) is 11.5. The molecule has 0 fully saturated rings. The van der Waals surface area contributed by atoms with Gasteiger partial charge in [-0.1, -0.05) is 32.4 Å². The Hall–Kier alpha value is -0.850. The minimum absolute atomic E-state index is 0.187. The van der Waals surface area contributed by atoms with Gasteiger partial charge in [0.25, 0.3) is 0 Å². The van der Waals surface area contributed by atoms with Crippen LogP contribution in [0.2, 0.25) is 0 Å². The Balaban J connectivity index is 2.88. The summed E-state index contributed by atoms with van der Waals surface area (Å²) in [7, 11) is 0. The van der Waals surface area contributed by atoms with E-state index in [1.54, 1.807) is 0 Å². The predicted molar refractivity (Wildman–Crippen MR) is 73.5 cm³/mol. The third-order valence-corrected chi connectivity index (χ3v) is 3.52. The van der Waals surface area contributed by atoms with E-state index in [1.807, 2.05) is 0 Å². The highest BCUT2D eigenvalue weighted by Gasteiger charge is 2.08. The highest BCUT2D eigenvalue weighted by atomic mass is 19.1. The summed E-state index contributed by atoms with van der Waals surface area (Å²) in [6, 6.07) is 4.51. The fourth-order valence-corrected chi connectivity index (χ4v) is 2.47. The molecule has 0 saturated heterocycles. The Morgan fingerprint density at radius 1 is 1.00 bits per heavy atom. The van der Waals surface area contributed by atoms with Gasteiger partial charge in [-0.05, 0) is 61.3 Å². The summed E-state index contributed by atoms with van der Waals surface area (Å²) in [6.45, 7) is 6.49. The van der Waals surface area contributed by atoms with E-state index in [0.717, 1.165) is 19.3 Å². The van der Waals surface area contributed by atoms with Gasteiger partial charge in [-0.3, -0.25) is 4.39 Å². The molecule has 1 aromatic carbocycles. The second-order valence-corrected chi connectivity index (χ2v) is 4.74. The van der Waals surface area contributed by atoms with Gasteiger partial charge in [0.15, 0.2) is 0 Å². The SMILES string of the molecule is CCCc1c(CC)ccc(CCCCF)c1C. The first-order valence-corrected chi connectivity index (χ1v) is 6.90. The summed E-state index contributed by atoms with van der Waals surface area (Å²) < 4.78 is 12.1. The zero-order valence-electron chi connectivity index (χ0n) is 11.5. The maximum Gasteiger partial charge on any atom is 0.0894 e. The van der Waals surface area contributed by atoms with Gasteiger partial charge in [0, 0.05) is 0 Å². The summed E-state index contributed by atoms with van der Waals surface area (Å²) in [5, 5.41) is 0. The van der Waals surface area contributed by atoms with Crippen LogP contribution in [0, 0.1) is 6.92 Å². The molecule has 0 nitrogen and oxygen atoms in total. The van der Waals surface area contributed by atoms with Crippen molar-refractivity contribution in [3.8, 4) is 0 Å². The van der Waals surface area contributed by atoms with Crippen LogP contribution in [0.4, 0.5) is 4.39 Å². The third-order valence-electron chi connectivity index (χ3n) is 3.52. The lowest BCUT2D eigenvalue weighted by molar-refractivity contribution is 0.462. The first kappa shape index (κ1) is 14.2. The van der Waals surface area contributed by atoms with E-state index in [-0.39, 0.29) is 6.67 Å². The lowest BCUT2D eigenvalue weighted by atomic mass is 9.91. The van der Waals surface area contributed by atoms with Gasteiger partial charge in [0.1, 0.15) is 0 Å². The van der Waals surface area contributed by atoms with Crippen molar-refractivity contribution >= 4 is 0 Å². The zero-order chi connectivity index (χ0) is 12.7. The summed E-state index contributed by atoms with van der Waals surface area (Å²) in [4.78, 5) is 0. The topological polar surface area (TPSA) is 0 Å². The van der Waals surface area contributed by atoms with Crippen molar-refractivity contribution in [1.29, 1.82) is 0 Å². The lowest BCUT2D eigenvalue weighted by Crippen LogP contribution is -2.01. The van der Waals surface area contributed by atoms with Crippen molar-refractivity contribution in [3.05, 3.63) is 34.4 Å². The summed E-state index contributed by atoms with van der Waals surface area (Å²) >= 11 is 0. The fourth-order valence-electron chi connectivity index (χ4n) is 2.47. The molecule has 0 heterocycles. The molecule has 0 saturated carbocycles. The first-order chi connectivity index (χ1) is 8.24. The molecule has 1 rings (SSSR count). The van der Waals surface area contributed by atoms with Crippen molar-refractivity contribution in [1.82, 2.24) is 0 Å². The standard InChI is InChI=1S/C16H25F/c1-4-8-16-13(3)15(9-6-7-12-17)11-10-14(16)5-2/h10-11H,4-9,12H2,1-3H3. The van der Waals surface area contributed by atoms with Crippen LogP contribution < -0.4 is 0 Å². The molecule has 0 unspecified atom stereocenters. The van der Waals surface area contributed by atoms with Crippen LogP contribution in [0.15, 0.2) is 12.1 Å². The van der Waals surface area contributed by atoms with E-state index in [1.165, 1.54) is 35.1 Å². The lowest BCUT2D eigenvalue weighted by Gasteiger charge is -2.15.